The number of nitrogens with two attached hydrogens (primary N) is 1. The standard InChI is InChI=1S/C11H16N4O/c1-7-4-9(5-10(14-7)15-12)11(16)13-6-8-2-3-8/h4-5,8H,2-3,6,12H2,1H3,(H,13,16)(H,14,15). The predicted molar refractivity (Wildman–Crippen MR) is 61.8 cm³/mol. The van der Waals surface area contributed by atoms with Crippen molar-refractivity contribution in [1.82, 2.24) is 10.3 Å². The number of nitrogen functional groups attached to an aromatic ring is 1. The van der Waals surface area contributed by atoms with E-state index in [9.17, 15) is 4.79 Å². The quantitative estimate of drug-likeness (QED) is 0.518. The van der Waals surface area contributed by atoms with Gasteiger partial charge in [-0.15, -0.1) is 0 Å². The number of hydrazine groups is 1. The average molecular weight is 220 g/mol. The topological polar surface area (TPSA) is 80.0 Å². The first kappa shape index (κ1) is 10.9. The molecule has 1 aliphatic carbocycles. The van der Waals surface area contributed by atoms with Gasteiger partial charge in [-0.3, -0.25) is 4.79 Å². The molecule has 5 heteroatoms. The molecule has 16 heavy (non-hydrogen) atoms. The number of hydrogen-bond acceptors (Lipinski definition) is 4. The van der Waals surface area contributed by atoms with Crippen LogP contribution in [0.2, 0.25) is 0 Å². The van der Waals surface area contributed by atoms with E-state index in [0.717, 1.165) is 12.2 Å². The molecule has 0 atom stereocenters. The van der Waals surface area contributed by atoms with Crippen LogP contribution in [0.1, 0.15) is 28.9 Å². The summed E-state index contributed by atoms with van der Waals surface area (Å²) in [4.78, 5) is 15.9. The highest BCUT2D eigenvalue weighted by Crippen LogP contribution is 2.27. The van der Waals surface area contributed by atoms with Gasteiger partial charge in [0.05, 0.1) is 0 Å². The lowest BCUT2D eigenvalue weighted by molar-refractivity contribution is 0.0951. The highest BCUT2D eigenvalue weighted by molar-refractivity contribution is 5.95. The third kappa shape index (κ3) is 2.70. The van der Waals surface area contributed by atoms with Crippen LogP contribution in [-0.4, -0.2) is 17.4 Å². The molecule has 2 rings (SSSR count). The summed E-state index contributed by atoms with van der Waals surface area (Å²) >= 11 is 0. The van der Waals surface area contributed by atoms with E-state index < -0.39 is 0 Å². The molecule has 1 aromatic rings. The van der Waals surface area contributed by atoms with Crippen molar-refractivity contribution in [1.29, 1.82) is 0 Å². The van der Waals surface area contributed by atoms with Crippen molar-refractivity contribution < 1.29 is 4.79 Å². The maximum atomic E-state index is 11.8. The van der Waals surface area contributed by atoms with E-state index in [2.05, 4.69) is 15.7 Å². The third-order valence-corrected chi connectivity index (χ3v) is 2.61. The number of pyridine rings is 1. The molecule has 0 unspecified atom stereocenters. The lowest BCUT2D eigenvalue weighted by Crippen LogP contribution is -2.26. The lowest BCUT2D eigenvalue weighted by Gasteiger charge is -2.07. The Balaban J connectivity index is 2.05. The van der Waals surface area contributed by atoms with Crippen molar-refractivity contribution in [3.05, 3.63) is 23.4 Å². The molecule has 0 bridgehead atoms. The highest BCUT2D eigenvalue weighted by Gasteiger charge is 2.21. The highest BCUT2D eigenvalue weighted by atomic mass is 16.1. The molecule has 86 valence electrons. The molecule has 1 amide bonds. The minimum absolute atomic E-state index is 0.0612. The van der Waals surface area contributed by atoms with Gasteiger partial charge in [0.1, 0.15) is 5.82 Å². The molecule has 0 saturated heterocycles. The molecule has 5 nitrogen and oxygen atoms in total. The molecule has 1 fully saturated rings. The zero-order valence-corrected chi connectivity index (χ0v) is 9.29. The largest absolute Gasteiger partial charge is 0.352 e. The molecule has 1 aromatic heterocycles. The molecule has 0 aliphatic heterocycles. The van der Waals surface area contributed by atoms with Crippen LogP contribution in [0.3, 0.4) is 0 Å². The van der Waals surface area contributed by atoms with Crippen molar-refractivity contribution >= 4 is 11.7 Å². The molecule has 1 heterocycles. The first-order valence-corrected chi connectivity index (χ1v) is 5.42. The van der Waals surface area contributed by atoms with Crippen molar-refractivity contribution in [2.24, 2.45) is 11.8 Å². The number of anilines is 1. The normalized spacial score (nSPS) is 14.6. The Bertz CT molecular complexity index is 401. The van der Waals surface area contributed by atoms with E-state index in [-0.39, 0.29) is 5.91 Å². The van der Waals surface area contributed by atoms with Crippen LogP contribution in [0.25, 0.3) is 0 Å². The van der Waals surface area contributed by atoms with E-state index in [1.54, 1.807) is 12.1 Å². The molecule has 1 aliphatic rings. The van der Waals surface area contributed by atoms with E-state index in [4.69, 9.17) is 5.84 Å². The van der Waals surface area contributed by atoms with Crippen molar-refractivity contribution in [3.63, 3.8) is 0 Å². The van der Waals surface area contributed by atoms with Gasteiger partial charge in [-0.25, -0.2) is 10.8 Å². The van der Waals surface area contributed by atoms with E-state index in [0.29, 0.717) is 17.3 Å². The predicted octanol–water partition coefficient (Wildman–Crippen LogP) is 0.815. The van der Waals surface area contributed by atoms with Crippen molar-refractivity contribution in [2.75, 3.05) is 12.0 Å². The van der Waals surface area contributed by atoms with Crippen LogP contribution in [0.4, 0.5) is 5.82 Å². The fourth-order valence-electron chi connectivity index (χ4n) is 1.53. The number of nitrogens with zero attached hydrogens (tertiary/aromatic N) is 1. The second kappa shape index (κ2) is 4.49. The van der Waals surface area contributed by atoms with Gasteiger partial charge in [-0.05, 0) is 37.8 Å². The minimum atomic E-state index is -0.0612. The van der Waals surface area contributed by atoms with Crippen LogP contribution in [0, 0.1) is 12.8 Å². The van der Waals surface area contributed by atoms with Crippen LogP contribution in [-0.2, 0) is 0 Å². The van der Waals surface area contributed by atoms with Gasteiger partial charge in [0.15, 0.2) is 0 Å². The Kier molecular flexibility index (Phi) is 3.05. The van der Waals surface area contributed by atoms with Gasteiger partial charge in [-0.1, -0.05) is 0 Å². The van der Waals surface area contributed by atoms with E-state index in [1.807, 2.05) is 6.92 Å². The van der Waals surface area contributed by atoms with Crippen LogP contribution < -0.4 is 16.6 Å². The van der Waals surface area contributed by atoms with Gasteiger partial charge in [0.25, 0.3) is 5.91 Å². The molecule has 0 spiro atoms. The number of aromatic nitrogens is 1. The van der Waals surface area contributed by atoms with Gasteiger partial charge < -0.3 is 10.7 Å². The lowest BCUT2D eigenvalue weighted by atomic mass is 10.2. The second-order valence-corrected chi connectivity index (χ2v) is 4.18. The SMILES string of the molecule is Cc1cc(C(=O)NCC2CC2)cc(NN)n1. The monoisotopic (exact) mass is 220 g/mol. The van der Waals surface area contributed by atoms with E-state index >= 15 is 0 Å². The summed E-state index contributed by atoms with van der Waals surface area (Å²) in [6.07, 6.45) is 2.45. The first-order chi connectivity index (χ1) is 7.69. The average Bonchev–Trinajstić information content (AvgIpc) is 3.08. The summed E-state index contributed by atoms with van der Waals surface area (Å²) in [7, 11) is 0. The number of nitrogens with one attached hydrogen (secondary N) is 2. The summed E-state index contributed by atoms with van der Waals surface area (Å²) in [6.45, 7) is 2.60. The summed E-state index contributed by atoms with van der Waals surface area (Å²) in [6, 6.07) is 3.40. The summed E-state index contributed by atoms with van der Waals surface area (Å²) in [5.74, 6) is 6.40. The summed E-state index contributed by atoms with van der Waals surface area (Å²) < 4.78 is 0. The minimum Gasteiger partial charge on any atom is -0.352 e. The molecule has 0 aromatic carbocycles. The van der Waals surface area contributed by atoms with Gasteiger partial charge in [0.2, 0.25) is 0 Å². The van der Waals surface area contributed by atoms with E-state index in [1.165, 1.54) is 12.8 Å². The number of carbonyl (C=O) groups is 1. The van der Waals surface area contributed by atoms with Gasteiger partial charge in [-0.2, -0.15) is 0 Å². The fourth-order valence-corrected chi connectivity index (χ4v) is 1.53. The van der Waals surface area contributed by atoms with Crippen LogP contribution >= 0.6 is 0 Å². The maximum absolute atomic E-state index is 11.8. The van der Waals surface area contributed by atoms with Gasteiger partial charge >= 0.3 is 0 Å². The van der Waals surface area contributed by atoms with Crippen molar-refractivity contribution in [2.45, 2.75) is 19.8 Å². The number of carbonyl (C=O) groups excluding carboxylic acids is 1. The Morgan fingerprint density at radius 2 is 2.31 bits per heavy atom. The number of hydrogen-bond donors (Lipinski definition) is 3. The summed E-state index contributed by atoms with van der Waals surface area (Å²) in [5, 5.41) is 2.90. The molecular formula is C11H16N4O. The Morgan fingerprint density at radius 1 is 1.56 bits per heavy atom. The van der Waals surface area contributed by atoms with Crippen LogP contribution in [0.5, 0.6) is 0 Å². The Labute approximate surface area is 94.4 Å². The third-order valence-electron chi connectivity index (χ3n) is 2.61. The Morgan fingerprint density at radius 3 is 2.94 bits per heavy atom. The van der Waals surface area contributed by atoms with Crippen LogP contribution in [0.15, 0.2) is 12.1 Å². The first-order valence-electron chi connectivity index (χ1n) is 5.42. The number of rotatable bonds is 4. The fraction of sp³-hybridized carbons (Fsp3) is 0.455. The number of amides is 1. The molecule has 1 saturated carbocycles. The molecule has 4 N–H and O–H groups in total. The van der Waals surface area contributed by atoms with Crippen molar-refractivity contribution in [3.8, 4) is 0 Å². The Hall–Kier alpha value is -1.62. The molecule has 0 radical (unpaired) electrons. The zero-order chi connectivity index (χ0) is 11.5. The molecular weight excluding hydrogens is 204 g/mol. The summed E-state index contributed by atoms with van der Waals surface area (Å²) in [5.41, 5.74) is 3.82. The van der Waals surface area contributed by atoms with Gasteiger partial charge in [0, 0.05) is 17.8 Å². The number of aryl methyl sites for hydroxylation is 1. The smallest absolute Gasteiger partial charge is 0.251 e. The maximum Gasteiger partial charge on any atom is 0.251 e. The second-order valence-electron chi connectivity index (χ2n) is 4.18. The zero-order valence-electron chi connectivity index (χ0n) is 9.29.